The number of pyridine rings is 1. The second-order valence-corrected chi connectivity index (χ2v) is 8.18. The molecular formula is C19H22N4O3S. The Bertz CT molecular complexity index is 825. The molecule has 0 aliphatic carbocycles. The maximum Gasteiger partial charge on any atom is 0.252 e. The predicted molar refractivity (Wildman–Crippen MR) is 101 cm³/mol. The van der Waals surface area contributed by atoms with Crippen LogP contribution >= 0.6 is 0 Å². The van der Waals surface area contributed by atoms with E-state index in [1.807, 2.05) is 35.2 Å². The number of carbonyl (C=O) groups excluding carboxylic acids is 1. The fourth-order valence-electron chi connectivity index (χ4n) is 3.52. The quantitative estimate of drug-likeness (QED) is 0.752. The van der Waals surface area contributed by atoms with E-state index in [1.54, 1.807) is 28.9 Å². The number of amides is 1. The highest BCUT2D eigenvalue weighted by Gasteiger charge is 2.37. The summed E-state index contributed by atoms with van der Waals surface area (Å²) in [6, 6.07) is 5.50. The third kappa shape index (κ3) is 4.33. The van der Waals surface area contributed by atoms with Crippen LogP contribution in [0.5, 0.6) is 0 Å². The molecule has 8 heteroatoms. The van der Waals surface area contributed by atoms with E-state index in [2.05, 4.69) is 10.1 Å². The summed E-state index contributed by atoms with van der Waals surface area (Å²) in [6.45, 7) is 1.10. The minimum absolute atomic E-state index is 0.0186. The van der Waals surface area contributed by atoms with Crippen LogP contribution in [-0.2, 0) is 33.4 Å². The van der Waals surface area contributed by atoms with Crippen molar-refractivity contribution in [3.05, 3.63) is 60.0 Å². The number of hydrogen-bond acceptors (Lipinski definition) is 5. The fourth-order valence-corrected chi connectivity index (χ4v) is 4.61. The monoisotopic (exact) mass is 386 g/mol. The van der Waals surface area contributed by atoms with Crippen LogP contribution in [0.4, 0.5) is 0 Å². The average molecular weight is 386 g/mol. The van der Waals surface area contributed by atoms with Crippen LogP contribution in [0.3, 0.4) is 0 Å². The summed E-state index contributed by atoms with van der Waals surface area (Å²) in [5.74, 6) is 0.406. The first kappa shape index (κ1) is 18.1. The molecule has 4 heterocycles. The molecule has 2 unspecified atom stereocenters. The van der Waals surface area contributed by atoms with Crippen LogP contribution in [-0.4, -0.2) is 53.8 Å². The van der Waals surface area contributed by atoms with Gasteiger partial charge in [0.05, 0.1) is 24.4 Å². The zero-order valence-electron chi connectivity index (χ0n) is 14.9. The molecule has 1 fully saturated rings. The number of aromatic nitrogens is 3. The Morgan fingerprint density at radius 2 is 2.15 bits per heavy atom. The van der Waals surface area contributed by atoms with Crippen molar-refractivity contribution in [1.82, 2.24) is 19.7 Å². The molecule has 4 rings (SSSR count). The van der Waals surface area contributed by atoms with Gasteiger partial charge in [0.1, 0.15) is 6.10 Å². The van der Waals surface area contributed by atoms with Crippen molar-refractivity contribution in [2.45, 2.75) is 44.2 Å². The van der Waals surface area contributed by atoms with Crippen LogP contribution in [0.25, 0.3) is 0 Å². The molecule has 142 valence electrons. The molecule has 27 heavy (non-hydrogen) atoms. The topological polar surface area (TPSA) is 77.3 Å². The van der Waals surface area contributed by atoms with E-state index < -0.39 is 16.9 Å². The van der Waals surface area contributed by atoms with E-state index in [0.29, 0.717) is 25.3 Å². The number of nitrogens with zero attached hydrogens (tertiary/aromatic N) is 4. The lowest BCUT2D eigenvalue weighted by Gasteiger charge is -2.30. The van der Waals surface area contributed by atoms with Crippen molar-refractivity contribution in [2.24, 2.45) is 0 Å². The molecule has 0 saturated carbocycles. The van der Waals surface area contributed by atoms with Crippen molar-refractivity contribution < 1.29 is 13.7 Å². The second-order valence-electron chi connectivity index (χ2n) is 6.82. The lowest BCUT2D eigenvalue weighted by atomic mass is 10.1. The minimum atomic E-state index is -1.02. The third-order valence-corrected chi connectivity index (χ3v) is 6.04. The SMILES string of the molecule is O=C([C@@H]1CC[C@H](Cn2cccn2)O1)N(Cc1ccncc1)C1C=CS(=O)C1. The highest BCUT2D eigenvalue weighted by molar-refractivity contribution is 7.88. The summed E-state index contributed by atoms with van der Waals surface area (Å²) in [7, 11) is -1.02. The van der Waals surface area contributed by atoms with E-state index in [9.17, 15) is 9.00 Å². The van der Waals surface area contributed by atoms with Gasteiger partial charge in [-0.2, -0.15) is 5.10 Å². The first-order chi connectivity index (χ1) is 13.2. The van der Waals surface area contributed by atoms with E-state index >= 15 is 0 Å². The van der Waals surface area contributed by atoms with Gasteiger partial charge in [-0.1, -0.05) is 6.08 Å². The Kier molecular flexibility index (Phi) is 5.45. The first-order valence-electron chi connectivity index (χ1n) is 9.07. The minimum Gasteiger partial charge on any atom is -0.363 e. The van der Waals surface area contributed by atoms with Gasteiger partial charge in [0.2, 0.25) is 0 Å². The molecule has 2 aliphatic rings. The maximum absolute atomic E-state index is 13.2. The maximum atomic E-state index is 13.2. The Labute approximate surface area is 160 Å². The standard InChI is InChI=1S/C19H22N4O3S/c24-19(18-3-2-17(26-18)13-22-10-1-7-21-22)23(16-6-11-27(25)14-16)12-15-4-8-20-9-5-15/h1,4-11,16-18H,2-3,12-14H2/t16?,17-,18+,27?/m1/s1. The molecule has 0 N–H and O–H groups in total. The molecule has 0 aromatic carbocycles. The number of ether oxygens (including phenoxy) is 1. The Hall–Kier alpha value is -2.32. The highest BCUT2D eigenvalue weighted by atomic mass is 32.2. The largest absolute Gasteiger partial charge is 0.363 e. The molecule has 0 radical (unpaired) electrons. The molecule has 4 atom stereocenters. The molecule has 0 bridgehead atoms. The highest BCUT2D eigenvalue weighted by Crippen LogP contribution is 2.25. The molecular weight excluding hydrogens is 364 g/mol. The summed E-state index contributed by atoms with van der Waals surface area (Å²) >= 11 is 0. The molecule has 0 spiro atoms. The Morgan fingerprint density at radius 3 is 2.85 bits per heavy atom. The van der Waals surface area contributed by atoms with Crippen LogP contribution < -0.4 is 0 Å². The van der Waals surface area contributed by atoms with Gasteiger partial charge in [-0.25, -0.2) is 0 Å². The van der Waals surface area contributed by atoms with Gasteiger partial charge in [0, 0.05) is 47.5 Å². The summed E-state index contributed by atoms with van der Waals surface area (Å²) < 4.78 is 19.7. The van der Waals surface area contributed by atoms with Gasteiger partial charge in [0.15, 0.2) is 0 Å². The van der Waals surface area contributed by atoms with Gasteiger partial charge in [0.25, 0.3) is 5.91 Å². The Balaban J connectivity index is 1.45. The van der Waals surface area contributed by atoms with Crippen molar-refractivity contribution in [3.8, 4) is 0 Å². The lowest BCUT2D eigenvalue weighted by molar-refractivity contribution is -0.145. The van der Waals surface area contributed by atoms with Gasteiger partial charge < -0.3 is 9.64 Å². The number of hydrogen-bond donors (Lipinski definition) is 0. The van der Waals surface area contributed by atoms with Gasteiger partial charge in [-0.3, -0.25) is 18.7 Å². The molecule has 2 aliphatic heterocycles. The zero-order valence-corrected chi connectivity index (χ0v) is 15.7. The van der Waals surface area contributed by atoms with Crippen LogP contribution in [0.2, 0.25) is 0 Å². The first-order valence-corrected chi connectivity index (χ1v) is 10.4. The van der Waals surface area contributed by atoms with Gasteiger partial charge in [-0.15, -0.1) is 0 Å². The molecule has 1 saturated heterocycles. The normalized spacial score (nSPS) is 27.1. The molecule has 7 nitrogen and oxygen atoms in total. The van der Waals surface area contributed by atoms with E-state index in [4.69, 9.17) is 4.74 Å². The summed E-state index contributed by atoms with van der Waals surface area (Å²) in [6.07, 6.45) is 9.96. The third-order valence-electron chi connectivity index (χ3n) is 4.91. The van der Waals surface area contributed by atoms with Gasteiger partial charge in [-0.05, 0) is 36.6 Å². The summed E-state index contributed by atoms with van der Waals surface area (Å²) in [4.78, 5) is 19.0. The Morgan fingerprint density at radius 1 is 1.30 bits per heavy atom. The van der Waals surface area contributed by atoms with Crippen molar-refractivity contribution in [2.75, 3.05) is 5.75 Å². The summed E-state index contributed by atoms with van der Waals surface area (Å²) in [5.41, 5.74) is 0.996. The van der Waals surface area contributed by atoms with Gasteiger partial charge >= 0.3 is 0 Å². The van der Waals surface area contributed by atoms with Crippen molar-refractivity contribution in [1.29, 1.82) is 0 Å². The lowest BCUT2D eigenvalue weighted by Crippen LogP contribution is -2.45. The van der Waals surface area contributed by atoms with Crippen LogP contribution in [0.1, 0.15) is 18.4 Å². The zero-order chi connectivity index (χ0) is 18.6. The fraction of sp³-hybridized carbons (Fsp3) is 0.421. The summed E-state index contributed by atoms with van der Waals surface area (Å²) in [5, 5.41) is 5.88. The smallest absolute Gasteiger partial charge is 0.252 e. The molecule has 2 aromatic heterocycles. The van der Waals surface area contributed by atoms with E-state index in [0.717, 1.165) is 12.0 Å². The van der Waals surface area contributed by atoms with Crippen LogP contribution in [0, 0.1) is 0 Å². The predicted octanol–water partition coefficient (Wildman–Crippen LogP) is 1.50. The second kappa shape index (κ2) is 8.14. The van der Waals surface area contributed by atoms with Crippen LogP contribution in [0.15, 0.2) is 54.5 Å². The van der Waals surface area contributed by atoms with Crippen molar-refractivity contribution >= 4 is 16.7 Å². The molecule has 2 aromatic rings. The number of rotatable bonds is 6. The van der Waals surface area contributed by atoms with Crippen molar-refractivity contribution in [3.63, 3.8) is 0 Å². The average Bonchev–Trinajstić information content (AvgIpc) is 3.43. The van der Waals surface area contributed by atoms with E-state index in [1.165, 1.54) is 0 Å². The number of carbonyl (C=O) groups is 1. The van der Waals surface area contributed by atoms with E-state index in [-0.39, 0.29) is 18.1 Å². The molecule has 1 amide bonds.